The summed E-state index contributed by atoms with van der Waals surface area (Å²) in [5.41, 5.74) is 0. The van der Waals surface area contributed by atoms with Crippen molar-refractivity contribution in [2.24, 2.45) is 5.92 Å². The molecule has 2 heterocycles. The molecule has 0 aromatic carbocycles. The first-order valence-corrected chi connectivity index (χ1v) is 7.72. The number of carbonyl (C=O) groups excluding carboxylic acids is 2. The summed E-state index contributed by atoms with van der Waals surface area (Å²) in [5, 5.41) is 2.92. The summed E-state index contributed by atoms with van der Waals surface area (Å²) in [6.07, 6.45) is 0. The lowest BCUT2D eigenvalue weighted by Crippen LogP contribution is -2.57. The van der Waals surface area contributed by atoms with Crippen LogP contribution in [0.15, 0.2) is 0 Å². The molecule has 0 unspecified atom stereocenters. The summed E-state index contributed by atoms with van der Waals surface area (Å²) >= 11 is 0. The fourth-order valence-electron chi connectivity index (χ4n) is 2.46. The molecule has 2 aliphatic heterocycles. The number of nitrogens with one attached hydrogen (secondary N) is 1. The third-order valence-electron chi connectivity index (χ3n) is 3.78. The smallest absolute Gasteiger partial charge is 0.320 e. The maximum Gasteiger partial charge on any atom is 0.320 e. The number of nitrogens with zero attached hydrogens (tertiary/aromatic N) is 3. The average molecular weight is 298 g/mol. The Morgan fingerprint density at radius 3 is 2.05 bits per heavy atom. The normalized spacial score (nSPS) is 19.9. The van der Waals surface area contributed by atoms with E-state index in [0.29, 0.717) is 64.9 Å². The minimum atomic E-state index is -0.0258. The zero-order chi connectivity index (χ0) is 15.2. The molecule has 4 amide bonds. The van der Waals surface area contributed by atoms with Gasteiger partial charge in [-0.05, 0) is 5.92 Å². The monoisotopic (exact) mass is 298 g/mol. The summed E-state index contributed by atoms with van der Waals surface area (Å²) in [6, 6.07) is 0.0442. The third-order valence-corrected chi connectivity index (χ3v) is 3.78. The van der Waals surface area contributed by atoms with Crippen molar-refractivity contribution in [1.29, 1.82) is 0 Å². The van der Waals surface area contributed by atoms with Gasteiger partial charge in [0, 0.05) is 45.8 Å². The van der Waals surface area contributed by atoms with E-state index in [1.807, 2.05) is 9.80 Å². The predicted molar refractivity (Wildman–Crippen MR) is 79.2 cm³/mol. The first-order valence-electron chi connectivity index (χ1n) is 7.72. The number of amides is 4. The van der Waals surface area contributed by atoms with E-state index in [2.05, 4.69) is 19.2 Å². The van der Waals surface area contributed by atoms with E-state index in [4.69, 9.17) is 4.74 Å². The molecular formula is C14H26N4O3. The molecule has 0 radical (unpaired) electrons. The average Bonchev–Trinajstić information content (AvgIpc) is 2.53. The van der Waals surface area contributed by atoms with E-state index in [1.165, 1.54) is 0 Å². The van der Waals surface area contributed by atoms with Crippen LogP contribution in [0.25, 0.3) is 0 Å². The number of carbonyl (C=O) groups is 2. The van der Waals surface area contributed by atoms with Crippen LogP contribution in [0.4, 0.5) is 9.59 Å². The Hall–Kier alpha value is -1.50. The summed E-state index contributed by atoms with van der Waals surface area (Å²) in [5.74, 6) is 0.443. The summed E-state index contributed by atoms with van der Waals surface area (Å²) in [4.78, 5) is 29.7. The Bertz CT molecular complexity index is 361. The van der Waals surface area contributed by atoms with Crippen molar-refractivity contribution >= 4 is 12.1 Å². The molecule has 0 bridgehead atoms. The first kappa shape index (κ1) is 15.9. The lowest BCUT2D eigenvalue weighted by atomic mass is 10.2. The highest BCUT2D eigenvalue weighted by atomic mass is 16.5. The van der Waals surface area contributed by atoms with Crippen LogP contribution in [0.2, 0.25) is 0 Å². The summed E-state index contributed by atoms with van der Waals surface area (Å²) in [7, 11) is 0. The van der Waals surface area contributed by atoms with Crippen LogP contribution >= 0.6 is 0 Å². The third kappa shape index (κ3) is 4.49. The minimum absolute atomic E-state index is 0.0258. The standard InChI is InChI=1S/C14H26N4O3/c1-12(2)11-15-13(19)16-3-5-17(6-4-16)14(20)18-7-9-21-10-8-18/h12H,3-11H2,1-2H3,(H,15,19). The van der Waals surface area contributed by atoms with Gasteiger partial charge in [-0.3, -0.25) is 0 Å². The van der Waals surface area contributed by atoms with Crippen molar-refractivity contribution < 1.29 is 14.3 Å². The van der Waals surface area contributed by atoms with E-state index in [-0.39, 0.29) is 12.1 Å². The van der Waals surface area contributed by atoms with Gasteiger partial charge < -0.3 is 24.8 Å². The molecule has 2 aliphatic rings. The van der Waals surface area contributed by atoms with Crippen molar-refractivity contribution in [2.75, 3.05) is 59.0 Å². The van der Waals surface area contributed by atoms with E-state index in [1.54, 1.807) is 4.90 Å². The second kappa shape index (κ2) is 7.49. The number of morpholine rings is 1. The number of urea groups is 2. The highest BCUT2D eigenvalue weighted by Crippen LogP contribution is 2.08. The summed E-state index contributed by atoms with van der Waals surface area (Å²) in [6.45, 7) is 9.77. The predicted octanol–water partition coefficient (Wildman–Crippen LogP) is 0.422. The SMILES string of the molecule is CC(C)CNC(=O)N1CCN(C(=O)N2CCOCC2)CC1. The van der Waals surface area contributed by atoms with Crippen LogP contribution in [0.1, 0.15) is 13.8 Å². The van der Waals surface area contributed by atoms with Crippen LogP contribution in [0, 0.1) is 5.92 Å². The van der Waals surface area contributed by atoms with Crippen molar-refractivity contribution in [3.05, 3.63) is 0 Å². The number of hydrogen-bond donors (Lipinski definition) is 1. The molecule has 0 spiro atoms. The molecule has 0 atom stereocenters. The molecule has 0 aromatic heterocycles. The molecule has 7 heteroatoms. The van der Waals surface area contributed by atoms with Gasteiger partial charge in [-0.15, -0.1) is 0 Å². The molecule has 0 saturated carbocycles. The second-order valence-corrected chi connectivity index (χ2v) is 5.94. The zero-order valence-electron chi connectivity index (χ0n) is 13.0. The van der Waals surface area contributed by atoms with Gasteiger partial charge in [0.1, 0.15) is 0 Å². The summed E-state index contributed by atoms with van der Waals surface area (Å²) < 4.78 is 5.26. The highest BCUT2D eigenvalue weighted by molar-refractivity contribution is 5.76. The molecule has 2 saturated heterocycles. The fourth-order valence-corrected chi connectivity index (χ4v) is 2.46. The highest BCUT2D eigenvalue weighted by Gasteiger charge is 2.27. The van der Waals surface area contributed by atoms with Crippen LogP contribution in [0.5, 0.6) is 0 Å². The molecule has 1 N–H and O–H groups in total. The number of hydrogen-bond acceptors (Lipinski definition) is 3. The van der Waals surface area contributed by atoms with Crippen LogP contribution in [-0.4, -0.2) is 85.8 Å². The number of rotatable bonds is 2. The van der Waals surface area contributed by atoms with Crippen molar-refractivity contribution in [2.45, 2.75) is 13.8 Å². The molecule has 120 valence electrons. The quantitative estimate of drug-likeness (QED) is 0.803. The van der Waals surface area contributed by atoms with E-state index >= 15 is 0 Å². The van der Waals surface area contributed by atoms with Crippen molar-refractivity contribution in [1.82, 2.24) is 20.0 Å². The Morgan fingerprint density at radius 2 is 1.48 bits per heavy atom. The van der Waals surface area contributed by atoms with Crippen LogP contribution in [-0.2, 0) is 4.74 Å². The van der Waals surface area contributed by atoms with Gasteiger partial charge in [0.15, 0.2) is 0 Å². The molecular weight excluding hydrogens is 272 g/mol. The van der Waals surface area contributed by atoms with E-state index < -0.39 is 0 Å². The Kier molecular flexibility index (Phi) is 5.67. The lowest BCUT2D eigenvalue weighted by molar-refractivity contribution is 0.0392. The molecule has 2 rings (SSSR count). The zero-order valence-corrected chi connectivity index (χ0v) is 13.0. The maximum atomic E-state index is 12.3. The molecule has 0 aromatic rings. The number of ether oxygens (including phenoxy) is 1. The van der Waals surface area contributed by atoms with Gasteiger partial charge in [0.2, 0.25) is 0 Å². The molecule has 2 fully saturated rings. The van der Waals surface area contributed by atoms with Crippen molar-refractivity contribution in [3.63, 3.8) is 0 Å². The largest absolute Gasteiger partial charge is 0.378 e. The van der Waals surface area contributed by atoms with Crippen molar-refractivity contribution in [3.8, 4) is 0 Å². The van der Waals surface area contributed by atoms with Gasteiger partial charge in [-0.2, -0.15) is 0 Å². The Labute approximate surface area is 126 Å². The lowest BCUT2D eigenvalue weighted by Gasteiger charge is -2.38. The van der Waals surface area contributed by atoms with Gasteiger partial charge in [0.05, 0.1) is 13.2 Å². The minimum Gasteiger partial charge on any atom is -0.378 e. The van der Waals surface area contributed by atoms with Gasteiger partial charge >= 0.3 is 12.1 Å². The van der Waals surface area contributed by atoms with Crippen LogP contribution < -0.4 is 5.32 Å². The topological polar surface area (TPSA) is 65.1 Å². The Balaban J connectivity index is 1.74. The maximum absolute atomic E-state index is 12.3. The second-order valence-electron chi connectivity index (χ2n) is 5.94. The van der Waals surface area contributed by atoms with Gasteiger partial charge in [0.25, 0.3) is 0 Å². The molecule has 0 aliphatic carbocycles. The molecule has 21 heavy (non-hydrogen) atoms. The van der Waals surface area contributed by atoms with Gasteiger partial charge in [-0.1, -0.05) is 13.8 Å². The van der Waals surface area contributed by atoms with E-state index in [0.717, 1.165) is 0 Å². The fraction of sp³-hybridized carbons (Fsp3) is 0.857. The van der Waals surface area contributed by atoms with Crippen LogP contribution in [0.3, 0.4) is 0 Å². The van der Waals surface area contributed by atoms with E-state index in [9.17, 15) is 9.59 Å². The molecule has 7 nitrogen and oxygen atoms in total. The van der Waals surface area contributed by atoms with Gasteiger partial charge in [-0.25, -0.2) is 9.59 Å². The Morgan fingerprint density at radius 1 is 0.952 bits per heavy atom. The first-order chi connectivity index (χ1) is 10.1. The number of piperazine rings is 1.